The van der Waals surface area contributed by atoms with Gasteiger partial charge in [0.25, 0.3) is 0 Å². The fourth-order valence-electron chi connectivity index (χ4n) is 2.68. The first-order chi connectivity index (χ1) is 10.9. The van der Waals surface area contributed by atoms with Crippen molar-refractivity contribution in [2.75, 3.05) is 0 Å². The quantitative estimate of drug-likeness (QED) is 0.566. The Bertz CT molecular complexity index is 896. The van der Waals surface area contributed by atoms with E-state index in [2.05, 4.69) is 45.9 Å². The van der Waals surface area contributed by atoms with E-state index in [9.17, 15) is 0 Å². The molecule has 0 aliphatic heterocycles. The molecular formula is C19H15N3. The van der Waals surface area contributed by atoms with E-state index in [0.717, 1.165) is 29.1 Å². The number of hydrogen-bond donors (Lipinski definition) is 0. The number of rotatable bonds is 3. The van der Waals surface area contributed by atoms with Crippen molar-refractivity contribution in [2.45, 2.75) is 6.54 Å². The van der Waals surface area contributed by atoms with E-state index in [1.165, 1.54) is 5.56 Å². The number of hydrogen-bond acceptors (Lipinski definition) is 2. The Morgan fingerprint density at radius 3 is 2.27 bits per heavy atom. The normalized spacial score (nSPS) is 10.9. The minimum atomic E-state index is 0.762. The van der Waals surface area contributed by atoms with Gasteiger partial charge in [0.1, 0.15) is 11.3 Å². The van der Waals surface area contributed by atoms with Crippen LogP contribution < -0.4 is 0 Å². The topological polar surface area (TPSA) is 30.7 Å². The summed E-state index contributed by atoms with van der Waals surface area (Å²) in [6, 6.07) is 24.6. The Morgan fingerprint density at radius 1 is 0.773 bits per heavy atom. The molecule has 106 valence electrons. The van der Waals surface area contributed by atoms with E-state index in [0.29, 0.717) is 0 Å². The lowest BCUT2D eigenvalue weighted by molar-refractivity contribution is 0.824. The number of imidazole rings is 1. The fourth-order valence-corrected chi connectivity index (χ4v) is 2.68. The molecule has 0 saturated carbocycles. The minimum Gasteiger partial charge on any atom is -0.304 e. The van der Waals surface area contributed by atoms with Crippen LogP contribution in [0.4, 0.5) is 0 Å². The second-order valence-corrected chi connectivity index (χ2v) is 5.22. The SMILES string of the molecule is c1ccc(Cn2c(-c3ccccc3)nc3cccnc32)cc1. The number of benzene rings is 2. The van der Waals surface area contributed by atoms with Gasteiger partial charge >= 0.3 is 0 Å². The standard InChI is InChI=1S/C19H15N3/c1-3-8-15(9-4-1)14-22-18(16-10-5-2-6-11-16)21-17-12-7-13-20-19(17)22/h1-13H,14H2. The second kappa shape index (κ2) is 5.45. The Kier molecular flexibility index (Phi) is 3.16. The van der Waals surface area contributed by atoms with Crippen molar-refractivity contribution >= 4 is 11.2 Å². The summed E-state index contributed by atoms with van der Waals surface area (Å²) in [4.78, 5) is 9.30. The lowest BCUT2D eigenvalue weighted by Gasteiger charge is -2.09. The molecule has 0 atom stereocenters. The summed E-state index contributed by atoms with van der Waals surface area (Å²) in [6.45, 7) is 0.762. The zero-order valence-electron chi connectivity index (χ0n) is 12.1. The molecule has 0 amide bonds. The molecule has 0 saturated heterocycles. The van der Waals surface area contributed by atoms with Gasteiger partial charge in [0.15, 0.2) is 5.65 Å². The zero-order chi connectivity index (χ0) is 14.8. The maximum Gasteiger partial charge on any atom is 0.160 e. The maximum atomic E-state index is 4.78. The van der Waals surface area contributed by atoms with Crippen LogP contribution >= 0.6 is 0 Å². The predicted molar refractivity (Wildman–Crippen MR) is 88.5 cm³/mol. The lowest BCUT2D eigenvalue weighted by atomic mass is 10.2. The Morgan fingerprint density at radius 2 is 1.50 bits per heavy atom. The van der Waals surface area contributed by atoms with Gasteiger partial charge in [0, 0.05) is 11.8 Å². The number of aromatic nitrogens is 3. The summed E-state index contributed by atoms with van der Waals surface area (Å²) in [5.41, 5.74) is 4.20. The second-order valence-electron chi connectivity index (χ2n) is 5.22. The van der Waals surface area contributed by atoms with Gasteiger partial charge < -0.3 is 4.57 Å². The third-order valence-electron chi connectivity index (χ3n) is 3.72. The van der Waals surface area contributed by atoms with Crippen molar-refractivity contribution in [2.24, 2.45) is 0 Å². The molecule has 0 unspecified atom stereocenters. The van der Waals surface area contributed by atoms with Crippen LogP contribution in [0.2, 0.25) is 0 Å². The Labute approximate surface area is 128 Å². The molecule has 4 rings (SSSR count). The van der Waals surface area contributed by atoms with Crippen LogP contribution in [0.5, 0.6) is 0 Å². The van der Waals surface area contributed by atoms with Crippen molar-refractivity contribution in [1.29, 1.82) is 0 Å². The third-order valence-corrected chi connectivity index (χ3v) is 3.72. The molecule has 0 aliphatic carbocycles. The average molecular weight is 285 g/mol. The summed E-state index contributed by atoms with van der Waals surface area (Å²) < 4.78 is 2.18. The van der Waals surface area contributed by atoms with Crippen molar-refractivity contribution in [3.05, 3.63) is 84.6 Å². The van der Waals surface area contributed by atoms with Gasteiger partial charge in [0.2, 0.25) is 0 Å². The van der Waals surface area contributed by atoms with E-state index in [1.807, 2.05) is 42.6 Å². The molecule has 22 heavy (non-hydrogen) atoms. The van der Waals surface area contributed by atoms with E-state index in [-0.39, 0.29) is 0 Å². The Hall–Kier alpha value is -2.94. The highest BCUT2D eigenvalue weighted by Gasteiger charge is 2.13. The average Bonchev–Trinajstić information content (AvgIpc) is 2.95. The first-order valence-electron chi connectivity index (χ1n) is 7.32. The molecule has 2 aromatic heterocycles. The predicted octanol–water partition coefficient (Wildman–Crippen LogP) is 4.15. The van der Waals surface area contributed by atoms with Gasteiger partial charge in [-0.3, -0.25) is 0 Å². The number of fused-ring (bicyclic) bond motifs is 1. The molecule has 0 fully saturated rings. The highest BCUT2D eigenvalue weighted by atomic mass is 15.1. The zero-order valence-corrected chi connectivity index (χ0v) is 12.1. The summed E-state index contributed by atoms with van der Waals surface area (Å²) in [5.74, 6) is 0.957. The van der Waals surface area contributed by atoms with Crippen LogP contribution in [0.3, 0.4) is 0 Å². The first kappa shape index (κ1) is 12.8. The van der Waals surface area contributed by atoms with Crippen molar-refractivity contribution in [1.82, 2.24) is 14.5 Å². The van der Waals surface area contributed by atoms with Crippen molar-refractivity contribution in [3.63, 3.8) is 0 Å². The number of pyridine rings is 1. The van der Waals surface area contributed by atoms with Crippen LogP contribution in [-0.2, 0) is 6.54 Å². The summed E-state index contributed by atoms with van der Waals surface area (Å²) in [6.07, 6.45) is 1.82. The van der Waals surface area contributed by atoms with Crippen LogP contribution in [0.1, 0.15) is 5.56 Å². The number of nitrogens with zero attached hydrogens (tertiary/aromatic N) is 3. The van der Waals surface area contributed by atoms with E-state index in [4.69, 9.17) is 4.98 Å². The summed E-state index contributed by atoms with van der Waals surface area (Å²) >= 11 is 0. The molecule has 3 heteroatoms. The molecule has 0 bridgehead atoms. The van der Waals surface area contributed by atoms with Gasteiger partial charge in [-0.05, 0) is 17.7 Å². The highest BCUT2D eigenvalue weighted by molar-refractivity contribution is 5.77. The molecule has 2 heterocycles. The lowest BCUT2D eigenvalue weighted by Crippen LogP contribution is -2.03. The third kappa shape index (κ3) is 2.27. The van der Waals surface area contributed by atoms with Crippen LogP contribution in [-0.4, -0.2) is 14.5 Å². The van der Waals surface area contributed by atoms with Crippen LogP contribution in [0.15, 0.2) is 79.0 Å². The van der Waals surface area contributed by atoms with E-state index in [1.54, 1.807) is 0 Å². The molecule has 0 spiro atoms. The summed E-state index contributed by atoms with van der Waals surface area (Å²) in [5, 5.41) is 0. The molecule has 0 aliphatic rings. The van der Waals surface area contributed by atoms with E-state index < -0.39 is 0 Å². The molecule has 4 aromatic rings. The van der Waals surface area contributed by atoms with Gasteiger partial charge in [-0.1, -0.05) is 60.7 Å². The van der Waals surface area contributed by atoms with E-state index >= 15 is 0 Å². The molecule has 3 nitrogen and oxygen atoms in total. The van der Waals surface area contributed by atoms with Gasteiger partial charge in [-0.15, -0.1) is 0 Å². The fraction of sp³-hybridized carbons (Fsp3) is 0.0526. The largest absolute Gasteiger partial charge is 0.304 e. The molecule has 0 N–H and O–H groups in total. The highest BCUT2D eigenvalue weighted by Crippen LogP contribution is 2.24. The first-order valence-corrected chi connectivity index (χ1v) is 7.32. The monoisotopic (exact) mass is 285 g/mol. The molecular weight excluding hydrogens is 270 g/mol. The Balaban J connectivity index is 1.91. The molecule has 2 aromatic carbocycles. The smallest absolute Gasteiger partial charge is 0.160 e. The maximum absolute atomic E-state index is 4.78. The van der Waals surface area contributed by atoms with Crippen LogP contribution in [0.25, 0.3) is 22.6 Å². The van der Waals surface area contributed by atoms with Crippen LogP contribution in [0, 0.1) is 0 Å². The summed E-state index contributed by atoms with van der Waals surface area (Å²) in [7, 11) is 0. The molecule has 0 radical (unpaired) electrons. The van der Waals surface area contributed by atoms with Gasteiger partial charge in [-0.25, -0.2) is 9.97 Å². The van der Waals surface area contributed by atoms with Crippen molar-refractivity contribution < 1.29 is 0 Å². The van der Waals surface area contributed by atoms with Gasteiger partial charge in [-0.2, -0.15) is 0 Å². The minimum absolute atomic E-state index is 0.762. The van der Waals surface area contributed by atoms with Crippen molar-refractivity contribution in [3.8, 4) is 11.4 Å². The van der Waals surface area contributed by atoms with Gasteiger partial charge in [0.05, 0.1) is 6.54 Å².